The molecule has 1 heterocycles. The number of aromatic nitrogens is 1. The van der Waals surface area contributed by atoms with Gasteiger partial charge in [-0.05, 0) is 37.3 Å². The molecular formula is C14H21N3O. The summed E-state index contributed by atoms with van der Waals surface area (Å²) in [5.74, 6) is 0.722. The summed E-state index contributed by atoms with van der Waals surface area (Å²) in [6.45, 7) is 4.89. The predicted octanol–water partition coefficient (Wildman–Crippen LogP) is 2.35. The van der Waals surface area contributed by atoms with Gasteiger partial charge in [-0.1, -0.05) is 13.3 Å². The fourth-order valence-corrected chi connectivity index (χ4v) is 2.28. The summed E-state index contributed by atoms with van der Waals surface area (Å²) < 4.78 is 0. The maximum atomic E-state index is 12.1. The van der Waals surface area contributed by atoms with E-state index in [0.717, 1.165) is 18.1 Å². The van der Waals surface area contributed by atoms with Gasteiger partial charge >= 0.3 is 0 Å². The third kappa shape index (κ3) is 2.81. The Bertz CT molecular complexity index is 452. The number of aryl methyl sites for hydroxylation is 1. The van der Waals surface area contributed by atoms with Gasteiger partial charge in [0.15, 0.2) is 0 Å². The van der Waals surface area contributed by atoms with Gasteiger partial charge in [-0.25, -0.2) is 4.98 Å². The SMILES string of the molecule is CNc1cc(C(=O)NCC2(C)CCC2)cc(C)n1. The topological polar surface area (TPSA) is 54.0 Å². The van der Waals surface area contributed by atoms with Crippen molar-refractivity contribution in [1.82, 2.24) is 10.3 Å². The highest BCUT2D eigenvalue weighted by Crippen LogP contribution is 2.39. The molecule has 0 radical (unpaired) electrons. The zero-order valence-electron chi connectivity index (χ0n) is 11.3. The smallest absolute Gasteiger partial charge is 0.251 e. The lowest BCUT2D eigenvalue weighted by Crippen LogP contribution is -2.39. The quantitative estimate of drug-likeness (QED) is 0.858. The van der Waals surface area contributed by atoms with E-state index in [1.54, 1.807) is 13.1 Å². The number of hydrogen-bond acceptors (Lipinski definition) is 3. The van der Waals surface area contributed by atoms with Crippen molar-refractivity contribution in [1.29, 1.82) is 0 Å². The van der Waals surface area contributed by atoms with Gasteiger partial charge in [-0.2, -0.15) is 0 Å². The van der Waals surface area contributed by atoms with E-state index in [9.17, 15) is 4.79 Å². The first-order chi connectivity index (χ1) is 8.52. The molecule has 2 N–H and O–H groups in total. The fourth-order valence-electron chi connectivity index (χ4n) is 2.28. The first kappa shape index (κ1) is 12.9. The average Bonchev–Trinajstić information content (AvgIpc) is 2.32. The van der Waals surface area contributed by atoms with Crippen molar-refractivity contribution < 1.29 is 4.79 Å². The van der Waals surface area contributed by atoms with Gasteiger partial charge < -0.3 is 10.6 Å². The zero-order valence-corrected chi connectivity index (χ0v) is 11.3. The Labute approximate surface area is 108 Å². The van der Waals surface area contributed by atoms with E-state index >= 15 is 0 Å². The van der Waals surface area contributed by atoms with Crippen molar-refractivity contribution in [2.24, 2.45) is 5.41 Å². The molecule has 4 nitrogen and oxygen atoms in total. The van der Waals surface area contributed by atoms with Crippen LogP contribution in [-0.4, -0.2) is 24.5 Å². The zero-order chi connectivity index (χ0) is 13.2. The van der Waals surface area contributed by atoms with Crippen LogP contribution in [-0.2, 0) is 0 Å². The summed E-state index contributed by atoms with van der Waals surface area (Å²) >= 11 is 0. The number of hydrogen-bond donors (Lipinski definition) is 2. The second kappa shape index (κ2) is 4.96. The number of amides is 1. The molecule has 0 aromatic carbocycles. The van der Waals surface area contributed by atoms with E-state index in [0.29, 0.717) is 11.0 Å². The van der Waals surface area contributed by atoms with Crippen molar-refractivity contribution in [3.05, 3.63) is 23.4 Å². The van der Waals surface area contributed by atoms with Crippen LogP contribution in [0.5, 0.6) is 0 Å². The van der Waals surface area contributed by atoms with Crippen LogP contribution in [0.4, 0.5) is 5.82 Å². The molecule has 0 saturated heterocycles. The molecule has 2 rings (SSSR count). The number of carbonyl (C=O) groups is 1. The van der Waals surface area contributed by atoms with Crippen LogP contribution < -0.4 is 10.6 Å². The number of carbonyl (C=O) groups excluding carboxylic acids is 1. The number of pyridine rings is 1. The Balaban J connectivity index is 2.01. The van der Waals surface area contributed by atoms with Crippen molar-refractivity contribution in [3.8, 4) is 0 Å². The van der Waals surface area contributed by atoms with Crippen LogP contribution in [0.2, 0.25) is 0 Å². The van der Waals surface area contributed by atoms with Crippen LogP contribution in [0, 0.1) is 12.3 Å². The molecule has 1 saturated carbocycles. The molecule has 1 fully saturated rings. The minimum Gasteiger partial charge on any atom is -0.373 e. The Morgan fingerprint density at radius 3 is 2.72 bits per heavy atom. The van der Waals surface area contributed by atoms with Crippen LogP contribution in [0.1, 0.15) is 42.2 Å². The Morgan fingerprint density at radius 1 is 1.44 bits per heavy atom. The summed E-state index contributed by atoms with van der Waals surface area (Å²) in [6, 6.07) is 3.60. The summed E-state index contributed by atoms with van der Waals surface area (Å²) in [5.41, 5.74) is 1.83. The van der Waals surface area contributed by atoms with Gasteiger partial charge in [0, 0.05) is 24.8 Å². The summed E-state index contributed by atoms with van der Waals surface area (Å²) in [4.78, 5) is 16.4. The molecular weight excluding hydrogens is 226 g/mol. The molecule has 0 spiro atoms. The number of nitrogens with zero attached hydrogens (tertiary/aromatic N) is 1. The second-order valence-corrected chi connectivity index (χ2v) is 5.48. The van der Waals surface area contributed by atoms with E-state index in [-0.39, 0.29) is 5.91 Å². The minimum absolute atomic E-state index is 0.00914. The maximum Gasteiger partial charge on any atom is 0.251 e. The Kier molecular flexibility index (Phi) is 3.55. The van der Waals surface area contributed by atoms with Crippen molar-refractivity contribution in [2.45, 2.75) is 33.1 Å². The molecule has 1 amide bonds. The summed E-state index contributed by atoms with van der Waals surface area (Å²) in [6.07, 6.45) is 3.71. The molecule has 0 aliphatic heterocycles. The molecule has 1 aromatic heterocycles. The molecule has 0 unspecified atom stereocenters. The molecule has 1 aliphatic rings. The molecule has 0 atom stereocenters. The van der Waals surface area contributed by atoms with E-state index < -0.39 is 0 Å². The van der Waals surface area contributed by atoms with Crippen LogP contribution in [0.15, 0.2) is 12.1 Å². The summed E-state index contributed by atoms with van der Waals surface area (Å²) in [5, 5.41) is 5.99. The first-order valence-electron chi connectivity index (χ1n) is 6.47. The van der Waals surface area contributed by atoms with Gasteiger partial charge in [0.2, 0.25) is 0 Å². The molecule has 1 aromatic rings. The lowest BCUT2D eigenvalue weighted by Gasteiger charge is -2.38. The van der Waals surface area contributed by atoms with Crippen LogP contribution in [0.25, 0.3) is 0 Å². The third-order valence-corrected chi connectivity index (χ3v) is 3.71. The van der Waals surface area contributed by atoms with E-state index in [2.05, 4.69) is 22.5 Å². The predicted molar refractivity (Wildman–Crippen MR) is 72.8 cm³/mol. The number of rotatable bonds is 4. The Morgan fingerprint density at radius 2 is 2.17 bits per heavy atom. The molecule has 98 valence electrons. The van der Waals surface area contributed by atoms with Gasteiger partial charge in [0.1, 0.15) is 5.82 Å². The highest BCUT2D eigenvalue weighted by atomic mass is 16.1. The molecule has 4 heteroatoms. The van der Waals surface area contributed by atoms with Crippen molar-refractivity contribution in [3.63, 3.8) is 0 Å². The normalized spacial score (nSPS) is 16.8. The lowest BCUT2D eigenvalue weighted by atomic mass is 9.70. The Hall–Kier alpha value is -1.58. The van der Waals surface area contributed by atoms with E-state index in [1.165, 1.54) is 19.3 Å². The van der Waals surface area contributed by atoms with E-state index in [1.807, 2.05) is 13.0 Å². The van der Waals surface area contributed by atoms with Crippen molar-refractivity contribution >= 4 is 11.7 Å². The second-order valence-electron chi connectivity index (χ2n) is 5.48. The monoisotopic (exact) mass is 247 g/mol. The standard InChI is InChI=1S/C14H21N3O/c1-10-7-11(8-12(15-3)17-10)13(18)16-9-14(2)5-4-6-14/h7-8H,4-6,9H2,1-3H3,(H,15,17)(H,16,18). The fraction of sp³-hybridized carbons (Fsp3) is 0.571. The largest absolute Gasteiger partial charge is 0.373 e. The average molecular weight is 247 g/mol. The van der Waals surface area contributed by atoms with Crippen LogP contribution >= 0.6 is 0 Å². The minimum atomic E-state index is -0.00914. The number of nitrogens with one attached hydrogen (secondary N) is 2. The number of anilines is 1. The van der Waals surface area contributed by atoms with Gasteiger partial charge in [0.25, 0.3) is 5.91 Å². The van der Waals surface area contributed by atoms with Crippen molar-refractivity contribution in [2.75, 3.05) is 18.9 Å². The first-order valence-corrected chi connectivity index (χ1v) is 6.47. The van der Waals surface area contributed by atoms with Gasteiger partial charge in [-0.15, -0.1) is 0 Å². The van der Waals surface area contributed by atoms with Crippen LogP contribution in [0.3, 0.4) is 0 Å². The third-order valence-electron chi connectivity index (χ3n) is 3.71. The lowest BCUT2D eigenvalue weighted by molar-refractivity contribution is 0.0890. The highest BCUT2D eigenvalue weighted by molar-refractivity contribution is 5.95. The van der Waals surface area contributed by atoms with Gasteiger partial charge in [-0.3, -0.25) is 4.79 Å². The van der Waals surface area contributed by atoms with Gasteiger partial charge in [0.05, 0.1) is 0 Å². The van der Waals surface area contributed by atoms with E-state index in [4.69, 9.17) is 0 Å². The molecule has 0 bridgehead atoms. The summed E-state index contributed by atoms with van der Waals surface area (Å²) in [7, 11) is 1.80. The maximum absolute atomic E-state index is 12.1. The highest BCUT2D eigenvalue weighted by Gasteiger charge is 2.31. The molecule has 1 aliphatic carbocycles. The molecule has 18 heavy (non-hydrogen) atoms.